The van der Waals surface area contributed by atoms with E-state index in [0.29, 0.717) is 6.42 Å². The largest absolute Gasteiger partial charge is 0.207 e. The lowest BCUT2D eigenvalue weighted by molar-refractivity contribution is 0.526. The Labute approximate surface area is 87.3 Å². The van der Waals surface area contributed by atoms with E-state index >= 15 is 0 Å². The van der Waals surface area contributed by atoms with Crippen LogP contribution in [-0.4, -0.2) is 0 Å². The average molecular weight is 207 g/mol. The highest BCUT2D eigenvalue weighted by atomic mass is 19.1. The lowest BCUT2D eigenvalue weighted by Gasteiger charge is -2.13. The fourth-order valence-corrected chi connectivity index (χ4v) is 2.15. The van der Waals surface area contributed by atoms with Crippen LogP contribution in [0.3, 0.4) is 0 Å². The lowest BCUT2D eigenvalue weighted by Crippen LogP contribution is -2.14. The van der Waals surface area contributed by atoms with Gasteiger partial charge >= 0.3 is 0 Å². The molecule has 78 valence electrons. The van der Waals surface area contributed by atoms with Crippen molar-refractivity contribution in [1.82, 2.24) is 0 Å². The van der Waals surface area contributed by atoms with Gasteiger partial charge in [0.25, 0.3) is 0 Å². The molecule has 0 aliphatic heterocycles. The van der Waals surface area contributed by atoms with Gasteiger partial charge in [-0.1, -0.05) is 13.8 Å². The molecule has 1 aromatic rings. The minimum Gasteiger partial charge on any atom is -0.207 e. The number of nitrogens with zero attached hydrogens (tertiary/aromatic N) is 1. The Morgan fingerprint density at radius 2 is 1.93 bits per heavy atom. The van der Waals surface area contributed by atoms with Crippen LogP contribution in [0.1, 0.15) is 25.8 Å². The van der Waals surface area contributed by atoms with Gasteiger partial charge in [-0.3, -0.25) is 0 Å². The number of hydrogen-bond donors (Lipinski definition) is 0. The van der Waals surface area contributed by atoms with Gasteiger partial charge in [-0.25, -0.2) is 8.78 Å². The van der Waals surface area contributed by atoms with Crippen LogP contribution in [-0.2, 0) is 5.41 Å². The zero-order chi connectivity index (χ0) is 11.3. The number of halogens is 2. The standard InChI is InChI=1S/C12H11F2N/c1-11(2)6-12(11,7-15)9-5-8(13)3-4-10(9)14/h3-5H,6H2,1-2H3. The Bertz CT molecular complexity index is 459. The Morgan fingerprint density at radius 1 is 1.33 bits per heavy atom. The van der Waals surface area contributed by atoms with E-state index in [-0.39, 0.29) is 11.0 Å². The Morgan fingerprint density at radius 3 is 2.40 bits per heavy atom. The summed E-state index contributed by atoms with van der Waals surface area (Å²) in [6.07, 6.45) is 0.580. The number of benzene rings is 1. The molecule has 0 heterocycles. The first-order valence-electron chi connectivity index (χ1n) is 4.80. The van der Waals surface area contributed by atoms with E-state index < -0.39 is 17.0 Å². The van der Waals surface area contributed by atoms with Gasteiger partial charge in [0.05, 0.1) is 11.5 Å². The second kappa shape index (κ2) is 2.79. The van der Waals surface area contributed by atoms with Crippen molar-refractivity contribution < 1.29 is 8.78 Å². The summed E-state index contributed by atoms with van der Waals surface area (Å²) >= 11 is 0. The molecular formula is C12H11F2N. The lowest BCUT2D eigenvalue weighted by atomic mass is 9.89. The molecule has 1 unspecified atom stereocenters. The summed E-state index contributed by atoms with van der Waals surface area (Å²) in [4.78, 5) is 0. The third kappa shape index (κ3) is 1.25. The highest BCUT2D eigenvalue weighted by molar-refractivity contribution is 5.45. The first-order chi connectivity index (χ1) is 6.93. The summed E-state index contributed by atoms with van der Waals surface area (Å²) in [6.45, 7) is 3.78. The fourth-order valence-electron chi connectivity index (χ4n) is 2.15. The predicted octanol–water partition coefficient (Wildman–Crippen LogP) is 3.16. The first-order valence-corrected chi connectivity index (χ1v) is 4.80. The van der Waals surface area contributed by atoms with E-state index in [1.54, 1.807) is 0 Å². The van der Waals surface area contributed by atoms with Crippen molar-refractivity contribution in [3.05, 3.63) is 35.4 Å². The van der Waals surface area contributed by atoms with Gasteiger partial charge in [0, 0.05) is 5.56 Å². The Kier molecular flexibility index (Phi) is 1.88. The molecule has 0 bridgehead atoms. The highest BCUT2D eigenvalue weighted by Crippen LogP contribution is 2.64. The van der Waals surface area contributed by atoms with Crippen LogP contribution < -0.4 is 0 Å². The zero-order valence-electron chi connectivity index (χ0n) is 8.64. The number of hydrogen-bond acceptors (Lipinski definition) is 1. The molecule has 0 radical (unpaired) electrons. The number of nitriles is 1. The maximum atomic E-state index is 13.5. The minimum absolute atomic E-state index is 0.190. The summed E-state index contributed by atoms with van der Waals surface area (Å²) < 4.78 is 26.5. The maximum Gasteiger partial charge on any atom is 0.128 e. The van der Waals surface area contributed by atoms with E-state index in [2.05, 4.69) is 6.07 Å². The summed E-state index contributed by atoms with van der Waals surface area (Å²) in [6, 6.07) is 5.40. The van der Waals surface area contributed by atoms with Gasteiger partial charge < -0.3 is 0 Å². The second-order valence-electron chi connectivity index (χ2n) is 4.70. The average Bonchev–Trinajstić information content (AvgIpc) is 2.74. The van der Waals surface area contributed by atoms with Gasteiger partial charge in [-0.15, -0.1) is 0 Å². The predicted molar refractivity (Wildman–Crippen MR) is 52.0 cm³/mol. The molecule has 1 aliphatic rings. The first kappa shape index (κ1) is 10.1. The van der Waals surface area contributed by atoms with E-state index in [0.717, 1.165) is 18.2 Å². The van der Waals surface area contributed by atoms with Crippen molar-refractivity contribution in [1.29, 1.82) is 5.26 Å². The van der Waals surface area contributed by atoms with Crippen molar-refractivity contribution in [3.63, 3.8) is 0 Å². The molecule has 1 aliphatic carbocycles. The van der Waals surface area contributed by atoms with Crippen LogP contribution in [0.2, 0.25) is 0 Å². The summed E-state index contributed by atoms with van der Waals surface area (Å²) in [5, 5.41) is 9.12. The molecule has 0 aromatic heterocycles. The van der Waals surface area contributed by atoms with E-state index in [9.17, 15) is 8.78 Å². The van der Waals surface area contributed by atoms with Crippen LogP contribution >= 0.6 is 0 Å². The monoisotopic (exact) mass is 207 g/mol. The van der Waals surface area contributed by atoms with E-state index in [1.807, 2.05) is 13.8 Å². The topological polar surface area (TPSA) is 23.8 Å². The second-order valence-corrected chi connectivity index (χ2v) is 4.70. The van der Waals surface area contributed by atoms with Crippen molar-refractivity contribution in [2.45, 2.75) is 25.7 Å². The third-order valence-corrected chi connectivity index (χ3v) is 3.32. The van der Waals surface area contributed by atoms with Gasteiger partial charge in [0.1, 0.15) is 11.6 Å². The molecule has 0 amide bonds. The van der Waals surface area contributed by atoms with Crippen molar-refractivity contribution in [2.75, 3.05) is 0 Å². The maximum absolute atomic E-state index is 13.5. The SMILES string of the molecule is CC1(C)CC1(C#N)c1cc(F)ccc1F. The minimum atomic E-state index is -0.848. The fraction of sp³-hybridized carbons (Fsp3) is 0.417. The van der Waals surface area contributed by atoms with E-state index in [1.165, 1.54) is 0 Å². The van der Waals surface area contributed by atoms with Crippen LogP contribution in [0, 0.1) is 28.4 Å². The van der Waals surface area contributed by atoms with Crippen LogP contribution in [0.15, 0.2) is 18.2 Å². The summed E-state index contributed by atoms with van der Waals surface area (Å²) in [7, 11) is 0. The summed E-state index contributed by atoms with van der Waals surface area (Å²) in [5.41, 5.74) is -0.926. The molecule has 0 saturated heterocycles. The highest BCUT2D eigenvalue weighted by Gasteiger charge is 2.64. The Balaban J connectivity index is 2.56. The molecule has 2 rings (SSSR count). The van der Waals surface area contributed by atoms with Gasteiger partial charge in [0.2, 0.25) is 0 Å². The number of rotatable bonds is 1. The van der Waals surface area contributed by atoms with E-state index in [4.69, 9.17) is 5.26 Å². The normalized spacial score (nSPS) is 27.1. The molecule has 3 heteroatoms. The zero-order valence-corrected chi connectivity index (χ0v) is 8.64. The molecule has 1 atom stereocenters. The molecule has 1 saturated carbocycles. The molecule has 1 fully saturated rings. The quantitative estimate of drug-likeness (QED) is 0.694. The molecule has 0 spiro atoms. The van der Waals surface area contributed by atoms with Gasteiger partial charge in [-0.2, -0.15) is 5.26 Å². The van der Waals surface area contributed by atoms with Gasteiger partial charge in [0.15, 0.2) is 0 Å². The van der Waals surface area contributed by atoms with Crippen LogP contribution in [0.25, 0.3) is 0 Å². The molecule has 1 nitrogen and oxygen atoms in total. The smallest absolute Gasteiger partial charge is 0.128 e. The van der Waals surface area contributed by atoms with Crippen molar-refractivity contribution in [2.24, 2.45) is 5.41 Å². The Hall–Kier alpha value is -1.43. The summed E-state index contributed by atoms with van der Waals surface area (Å²) in [5.74, 6) is -0.993. The molecule has 0 N–H and O–H groups in total. The van der Waals surface area contributed by atoms with Gasteiger partial charge in [-0.05, 0) is 30.0 Å². The molecule has 1 aromatic carbocycles. The van der Waals surface area contributed by atoms with Crippen LogP contribution in [0.5, 0.6) is 0 Å². The van der Waals surface area contributed by atoms with Crippen molar-refractivity contribution in [3.8, 4) is 6.07 Å². The molecular weight excluding hydrogens is 196 g/mol. The van der Waals surface area contributed by atoms with Crippen LogP contribution in [0.4, 0.5) is 8.78 Å². The third-order valence-electron chi connectivity index (χ3n) is 3.32. The van der Waals surface area contributed by atoms with Crippen molar-refractivity contribution >= 4 is 0 Å². The molecule has 15 heavy (non-hydrogen) atoms.